The molecule has 0 aliphatic carbocycles. The van der Waals surface area contributed by atoms with Gasteiger partial charge in [-0.1, -0.05) is 42.6 Å². The Kier molecular flexibility index (Phi) is 6.63. The molecule has 1 aliphatic heterocycles. The first-order chi connectivity index (χ1) is 9.69. The van der Waals surface area contributed by atoms with Crippen LogP contribution in [0.3, 0.4) is 0 Å². The molecule has 1 saturated heterocycles. The van der Waals surface area contributed by atoms with Gasteiger partial charge in [-0.2, -0.15) is 0 Å². The lowest BCUT2D eigenvalue weighted by Crippen LogP contribution is -2.37. The Balaban J connectivity index is 1.97. The predicted octanol–water partition coefficient (Wildman–Crippen LogP) is 4.35. The summed E-state index contributed by atoms with van der Waals surface area (Å²) in [6.07, 6.45) is 5.05. The molecule has 1 heterocycles. The summed E-state index contributed by atoms with van der Waals surface area (Å²) in [6, 6.07) is 6.45. The Bertz CT molecular complexity index is 417. The second-order valence-corrected chi connectivity index (χ2v) is 6.46. The molecule has 20 heavy (non-hydrogen) atoms. The largest absolute Gasteiger partial charge is 0.313 e. The molecular weight excluding hydrogens is 291 g/mol. The van der Waals surface area contributed by atoms with Crippen LogP contribution in [-0.2, 0) is 6.54 Å². The average molecular weight is 315 g/mol. The summed E-state index contributed by atoms with van der Waals surface area (Å²) in [5.74, 6) is 0. The maximum atomic E-state index is 6.30. The van der Waals surface area contributed by atoms with Gasteiger partial charge in [0.15, 0.2) is 0 Å². The minimum Gasteiger partial charge on any atom is -0.313 e. The fourth-order valence-corrected chi connectivity index (χ4v) is 3.20. The summed E-state index contributed by atoms with van der Waals surface area (Å²) in [5, 5.41) is 5.06. The molecule has 1 fully saturated rings. The molecule has 112 valence electrons. The molecular formula is C16H24Cl2N2. The van der Waals surface area contributed by atoms with E-state index in [1.54, 1.807) is 0 Å². The van der Waals surface area contributed by atoms with Crippen LogP contribution < -0.4 is 5.32 Å². The monoisotopic (exact) mass is 314 g/mol. The van der Waals surface area contributed by atoms with Crippen molar-refractivity contribution in [2.75, 3.05) is 19.6 Å². The lowest BCUT2D eigenvalue weighted by atomic mass is 10.1. The van der Waals surface area contributed by atoms with E-state index in [-0.39, 0.29) is 0 Å². The van der Waals surface area contributed by atoms with Crippen molar-refractivity contribution >= 4 is 23.2 Å². The summed E-state index contributed by atoms with van der Waals surface area (Å²) >= 11 is 12.3. The molecule has 2 nitrogen and oxygen atoms in total. The topological polar surface area (TPSA) is 15.3 Å². The number of hydrogen-bond donors (Lipinski definition) is 1. The Hall–Kier alpha value is -0.280. The van der Waals surface area contributed by atoms with Crippen molar-refractivity contribution < 1.29 is 0 Å². The van der Waals surface area contributed by atoms with Gasteiger partial charge in [0.1, 0.15) is 0 Å². The molecule has 0 saturated carbocycles. The van der Waals surface area contributed by atoms with Crippen molar-refractivity contribution in [1.29, 1.82) is 0 Å². The molecule has 0 spiro atoms. The van der Waals surface area contributed by atoms with Crippen molar-refractivity contribution in [3.8, 4) is 0 Å². The van der Waals surface area contributed by atoms with E-state index in [0.717, 1.165) is 31.2 Å². The van der Waals surface area contributed by atoms with Gasteiger partial charge in [-0.25, -0.2) is 0 Å². The molecule has 0 aromatic heterocycles. The molecule has 1 unspecified atom stereocenters. The minimum atomic E-state index is 0.637. The number of hydrogen-bond acceptors (Lipinski definition) is 2. The molecule has 0 amide bonds. The van der Waals surface area contributed by atoms with Crippen LogP contribution >= 0.6 is 23.2 Å². The SMILES string of the molecule is CCCCN(Cc1ccc(Cl)cc1Cl)CC1CCCN1. The van der Waals surface area contributed by atoms with Gasteiger partial charge in [0.25, 0.3) is 0 Å². The number of halogens is 2. The van der Waals surface area contributed by atoms with Crippen LogP contribution in [-0.4, -0.2) is 30.6 Å². The molecule has 4 heteroatoms. The summed E-state index contributed by atoms with van der Waals surface area (Å²) in [5.41, 5.74) is 1.17. The van der Waals surface area contributed by atoms with Crippen LogP contribution in [0.5, 0.6) is 0 Å². The summed E-state index contributed by atoms with van der Waals surface area (Å²) in [7, 11) is 0. The van der Waals surface area contributed by atoms with Gasteiger partial charge in [0.2, 0.25) is 0 Å². The molecule has 1 N–H and O–H groups in total. The third-order valence-corrected chi connectivity index (χ3v) is 4.46. The van der Waals surface area contributed by atoms with E-state index < -0.39 is 0 Å². The van der Waals surface area contributed by atoms with Crippen molar-refractivity contribution in [3.63, 3.8) is 0 Å². The van der Waals surface area contributed by atoms with E-state index in [1.807, 2.05) is 18.2 Å². The highest BCUT2D eigenvalue weighted by atomic mass is 35.5. The summed E-state index contributed by atoms with van der Waals surface area (Å²) in [4.78, 5) is 2.52. The predicted molar refractivity (Wildman–Crippen MR) is 87.7 cm³/mol. The Morgan fingerprint density at radius 1 is 1.35 bits per heavy atom. The van der Waals surface area contributed by atoms with E-state index in [4.69, 9.17) is 23.2 Å². The second-order valence-electron chi connectivity index (χ2n) is 5.62. The standard InChI is InChI=1S/C16H24Cl2N2/c1-2-3-9-20(12-15-5-4-8-19-15)11-13-6-7-14(17)10-16(13)18/h6-7,10,15,19H,2-5,8-9,11-12H2,1H3. The number of unbranched alkanes of at least 4 members (excludes halogenated alkanes) is 1. The van der Waals surface area contributed by atoms with Crippen LogP contribution in [0.2, 0.25) is 10.0 Å². The van der Waals surface area contributed by atoms with Crippen molar-refractivity contribution in [1.82, 2.24) is 10.2 Å². The zero-order valence-electron chi connectivity index (χ0n) is 12.2. The van der Waals surface area contributed by atoms with Gasteiger partial charge in [-0.15, -0.1) is 0 Å². The van der Waals surface area contributed by atoms with Gasteiger partial charge in [0.05, 0.1) is 0 Å². The summed E-state index contributed by atoms with van der Waals surface area (Å²) in [6.45, 7) is 6.55. The smallest absolute Gasteiger partial charge is 0.0465 e. The normalized spacial score (nSPS) is 18.9. The number of nitrogens with one attached hydrogen (secondary N) is 1. The molecule has 1 aromatic rings. The van der Waals surface area contributed by atoms with Gasteiger partial charge >= 0.3 is 0 Å². The molecule has 2 rings (SSSR count). The van der Waals surface area contributed by atoms with Crippen LogP contribution in [0.4, 0.5) is 0 Å². The first-order valence-electron chi connectivity index (χ1n) is 7.58. The zero-order chi connectivity index (χ0) is 14.4. The van der Waals surface area contributed by atoms with Crippen molar-refractivity contribution in [2.24, 2.45) is 0 Å². The first-order valence-corrected chi connectivity index (χ1v) is 8.34. The van der Waals surface area contributed by atoms with Crippen LogP contribution in [0, 0.1) is 0 Å². The molecule has 0 radical (unpaired) electrons. The quantitative estimate of drug-likeness (QED) is 0.805. The Morgan fingerprint density at radius 3 is 2.85 bits per heavy atom. The highest BCUT2D eigenvalue weighted by molar-refractivity contribution is 6.35. The maximum Gasteiger partial charge on any atom is 0.0465 e. The Morgan fingerprint density at radius 2 is 2.20 bits per heavy atom. The fraction of sp³-hybridized carbons (Fsp3) is 0.625. The van der Waals surface area contributed by atoms with Crippen molar-refractivity contribution in [2.45, 2.75) is 45.2 Å². The van der Waals surface area contributed by atoms with Gasteiger partial charge < -0.3 is 5.32 Å². The average Bonchev–Trinajstić information content (AvgIpc) is 2.92. The van der Waals surface area contributed by atoms with Gasteiger partial charge in [-0.3, -0.25) is 4.90 Å². The first kappa shape index (κ1) is 16.1. The van der Waals surface area contributed by atoms with Crippen LogP contribution in [0.1, 0.15) is 38.2 Å². The van der Waals surface area contributed by atoms with E-state index in [0.29, 0.717) is 11.1 Å². The van der Waals surface area contributed by atoms with Crippen LogP contribution in [0.15, 0.2) is 18.2 Å². The third-order valence-electron chi connectivity index (χ3n) is 3.88. The zero-order valence-corrected chi connectivity index (χ0v) is 13.7. The number of rotatable bonds is 7. The fourth-order valence-electron chi connectivity index (χ4n) is 2.73. The maximum absolute atomic E-state index is 6.30. The van der Waals surface area contributed by atoms with Gasteiger partial charge in [-0.05, 0) is 50.0 Å². The van der Waals surface area contributed by atoms with Gasteiger partial charge in [0, 0.05) is 29.2 Å². The highest BCUT2D eigenvalue weighted by Crippen LogP contribution is 2.23. The molecule has 1 aromatic carbocycles. The number of nitrogens with zero attached hydrogens (tertiary/aromatic N) is 1. The highest BCUT2D eigenvalue weighted by Gasteiger charge is 2.18. The van der Waals surface area contributed by atoms with Crippen molar-refractivity contribution in [3.05, 3.63) is 33.8 Å². The lowest BCUT2D eigenvalue weighted by Gasteiger charge is -2.26. The van der Waals surface area contributed by atoms with E-state index in [2.05, 4.69) is 17.1 Å². The van der Waals surface area contributed by atoms with E-state index >= 15 is 0 Å². The third kappa shape index (κ3) is 4.92. The lowest BCUT2D eigenvalue weighted by molar-refractivity contribution is 0.237. The summed E-state index contributed by atoms with van der Waals surface area (Å²) < 4.78 is 0. The molecule has 1 atom stereocenters. The minimum absolute atomic E-state index is 0.637. The molecule has 0 bridgehead atoms. The Labute approximate surface area is 132 Å². The number of benzene rings is 1. The molecule has 1 aliphatic rings. The van der Waals surface area contributed by atoms with Crippen LogP contribution in [0.25, 0.3) is 0 Å². The van der Waals surface area contributed by atoms with E-state index in [9.17, 15) is 0 Å². The second kappa shape index (κ2) is 8.23. The van der Waals surface area contributed by atoms with E-state index in [1.165, 1.54) is 31.2 Å².